The summed E-state index contributed by atoms with van der Waals surface area (Å²) >= 11 is 0. The lowest BCUT2D eigenvalue weighted by Gasteiger charge is -2.26. The zero-order valence-corrected chi connectivity index (χ0v) is 11.5. The van der Waals surface area contributed by atoms with Crippen molar-refractivity contribution >= 4 is 12.0 Å². The van der Waals surface area contributed by atoms with E-state index in [1.54, 1.807) is 17.9 Å². The largest absolute Gasteiger partial charge is 0.481 e. The predicted octanol–water partition coefficient (Wildman–Crippen LogP) is 0.815. The molecule has 2 amide bonds. The van der Waals surface area contributed by atoms with Crippen molar-refractivity contribution < 1.29 is 14.7 Å². The molecule has 1 rings (SSSR count). The Morgan fingerprint density at radius 2 is 2.21 bits per heavy atom. The molecular weight excluding hydrogens is 248 g/mol. The van der Waals surface area contributed by atoms with E-state index < -0.39 is 5.97 Å². The molecule has 0 fully saturated rings. The van der Waals surface area contributed by atoms with Gasteiger partial charge in [-0.25, -0.2) is 4.79 Å². The number of hydrogen-bond donors (Lipinski definition) is 2. The van der Waals surface area contributed by atoms with Crippen LogP contribution in [0.1, 0.15) is 26.0 Å². The van der Waals surface area contributed by atoms with E-state index in [0.717, 1.165) is 5.69 Å². The van der Waals surface area contributed by atoms with E-state index in [2.05, 4.69) is 10.4 Å². The fraction of sp³-hybridized carbons (Fsp3) is 0.583. The molecule has 0 saturated carbocycles. The lowest BCUT2D eigenvalue weighted by atomic mass is 10.3. The number of amides is 2. The van der Waals surface area contributed by atoms with Crippen molar-refractivity contribution in [3.8, 4) is 0 Å². The first kappa shape index (κ1) is 15.0. The molecule has 0 radical (unpaired) electrons. The zero-order chi connectivity index (χ0) is 14.4. The van der Waals surface area contributed by atoms with Crippen molar-refractivity contribution in [2.24, 2.45) is 7.05 Å². The van der Waals surface area contributed by atoms with Gasteiger partial charge in [-0.1, -0.05) is 0 Å². The smallest absolute Gasteiger partial charge is 0.317 e. The van der Waals surface area contributed by atoms with Crippen LogP contribution in [0.2, 0.25) is 0 Å². The molecule has 0 atom stereocenters. The highest BCUT2D eigenvalue weighted by Gasteiger charge is 2.17. The average molecular weight is 268 g/mol. The number of urea groups is 1. The number of aliphatic carboxylic acids is 1. The molecule has 1 heterocycles. The first-order valence-electron chi connectivity index (χ1n) is 6.15. The van der Waals surface area contributed by atoms with Crippen LogP contribution in [0.3, 0.4) is 0 Å². The number of carboxylic acids is 1. The van der Waals surface area contributed by atoms with Crippen LogP contribution in [0, 0.1) is 0 Å². The molecule has 0 bridgehead atoms. The predicted molar refractivity (Wildman–Crippen MR) is 69.5 cm³/mol. The Hall–Kier alpha value is -2.05. The van der Waals surface area contributed by atoms with Gasteiger partial charge in [-0.05, 0) is 19.9 Å². The van der Waals surface area contributed by atoms with Crippen LogP contribution in [0.4, 0.5) is 4.79 Å². The summed E-state index contributed by atoms with van der Waals surface area (Å²) in [4.78, 5) is 24.0. The van der Waals surface area contributed by atoms with Crippen molar-refractivity contribution in [2.75, 3.05) is 6.54 Å². The molecule has 0 aliphatic carbocycles. The lowest BCUT2D eigenvalue weighted by molar-refractivity contribution is -0.137. The van der Waals surface area contributed by atoms with Crippen LogP contribution in [-0.2, 0) is 18.4 Å². The van der Waals surface area contributed by atoms with Crippen LogP contribution in [-0.4, -0.2) is 44.4 Å². The molecule has 19 heavy (non-hydrogen) atoms. The minimum atomic E-state index is -0.914. The maximum absolute atomic E-state index is 12.0. The number of rotatable bonds is 6. The minimum Gasteiger partial charge on any atom is -0.481 e. The highest BCUT2D eigenvalue weighted by molar-refractivity contribution is 5.75. The number of hydrogen-bond acceptors (Lipinski definition) is 3. The molecule has 0 unspecified atom stereocenters. The minimum absolute atomic E-state index is 0.0527. The second kappa shape index (κ2) is 6.77. The monoisotopic (exact) mass is 268 g/mol. The molecule has 0 aliphatic heterocycles. The third kappa shape index (κ3) is 4.99. The van der Waals surface area contributed by atoms with Gasteiger partial charge >= 0.3 is 12.0 Å². The van der Waals surface area contributed by atoms with Gasteiger partial charge in [0.1, 0.15) is 0 Å². The van der Waals surface area contributed by atoms with Gasteiger partial charge in [-0.15, -0.1) is 0 Å². The molecule has 0 aliphatic rings. The molecular formula is C12H20N4O3. The van der Waals surface area contributed by atoms with E-state index in [1.807, 2.05) is 19.9 Å². The molecule has 1 aromatic heterocycles. The van der Waals surface area contributed by atoms with Gasteiger partial charge in [0.05, 0.1) is 18.7 Å². The summed E-state index contributed by atoms with van der Waals surface area (Å²) in [5, 5.41) is 15.6. The van der Waals surface area contributed by atoms with Crippen LogP contribution in [0.15, 0.2) is 12.3 Å². The van der Waals surface area contributed by atoms with Crippen molar-refractivity contribution in [1.29, 1.82) is 0 Å². The maximum Gasteiger partial charge on any atom is 0.317 e. The molecule has 106 valence electrons. The SMILES string of the molecule is CC(C)N(CCC(=O)O)C(=O)NCc1ccn(C)n1. The highest BCUT2D eigenvalue weighted by Crippen LogP contribution is 2.02. The van der Waals surface area contributed by atoms with Gasteiger partial charge in [0, 0.05) is 25.8 Å². The topological polar surface area (TPSA) is 87.5 Å². The van der Waals surface area contributed by atoms with Crippen molar-refractivity contribution in [2.45, 2.75) is 32.9 Å². The highest BCUT2D eigenvalue weighted by atomic mass is 16.4. The number of carbonyl (C=O) groups excluding carboxylic acids is 1. The van der Waals surface area contributed by atoms with Gasteiger partial charge in [-0.2, -0.15) is 5.10 Å². The van der Waals surface area contributed by atoms with Gasteiger partial charge in [0.2, 0.25) is 0 Å². The summed E-state index contributed by atoms with van der Waals surface area (Å²) in [7, 11) is 1.80. The Morgan fingerprint density at radius 1 is 1.53 bits per heavy atom. The number of nitrogens with one attached hydrogen (secondary N) is 1. The second-order valence-corrected chi connectivity index (χ2v) is 4.57. The molecule has 1 aromatic rings. The molecule has 2 N–H and O–H groups in total. The fourth-order valence-electron chi connectivity index (χ4n) is 1.64. The van der Waals surface area contributed by atoms with Crippen molar-refractivity contribution in [3.63, 3.8) is 0 Å². The number of carboxylic acid groups (broad SMARTS) is 1. The third-order valence-corrected chi connectivity index (χ3v) is 2.64. The van der Waals surface area contributed by atoms with E-state index in [4.69, 9.17) is 5.11 Å². The Kier molecular flexibility index (Phi) is 5.35. The standard InChI is InChI=1S/C12H20N4O3/c1-9(2)16(7-5-11(17)18)12(19)13-8-10-4-6-15(3)14-10/h4,6,9H,5,7-8H2,1-3H3,(H,13,19)(H,17,18). The van der Waals surface area contributed by atoms with E-state index in [0.29, 0.717) is 6.54 Å². The van der Waals surface area contributed by atoms with E-state index in [-0.39, 0.29) is 25.0 Å². The van der Waals surface area contributed by atoms with Crippen LogP contribution in [0.25, 0.3) is 0 Å². The zero-order valence-electron chi connectivity index (χ0n) is 11.5. The summed E-state index contributed by atoms with van der Waals surface area (Å²) in [6.07, 6.45) is 1.74. The summed E-state index contributed by atoms with van der Waals surface area (Å²) in [6.45, 7) is 4.22. The summed E-state index contributed by atoms with van der Waals surface area (Å²) in [6, 6.07) is 1.49. The molecule has 7 heteroatoms. The Morgan fingerprint density at radius 3 is 2.68 bits per heavy atom. The average Bonchev–Trinajstić information content (AvgIpc) is 2.72. The Balaban J connectivity index is 2.49. The first-order valence-corrected chi connectivity index (χ1v) is 6.15. The van der Waals surface area contributed by atoms with E-state index in [1.165, 1.54) is 4.90 Å². The van der Waals surface area contributed by atoms with Gasteiger partial charge in [0.15, 0.2) is 0 Å². The van der Waals surface area contributed by atoms with Gasteiger partial charge in [-0.3, -0.25) is 9.48 Å². The number of nitrogens with zero attached hydrogens (tertiary/aromatic N) is 3. The van der Waals surface area contributed by atoms with Crippen molar-refractivity contribution in [3.05, 3.63) is 18.0 Å². The molecule has 7 nitrogen and oxygen atoms in total. The Labute approximate surface area is 112 Å². The fourth-order valence-corrected chi connectivity index (χ4v) is 1.64. The first-order chi connectivity index (χ1) is 8.90. The third-order valence-electron chi connectivity index (χ3n) is 2.64. The molecule has 0 spiro atoms. The Bertz CT molecular complexity index is 442. The van der Waals surface area contributed by atoms with Gasteiger partial charge < -0.3 is 15.3 Å². The normalized spacial score (nSPS) is 10.5. The summed E-state index contributed by atoms with van der Waals surface area (Å²) in [5.41, 5.74) is 0.762. The van der Waals surface area contributed by atoms with Crippen LogP contribution in [0.5, 0.6) is 0 Å². The quantitative estimate of drug-likeness (QED) is 0.799. The summed E-state index contributed by atoms with van der Waals surface area (Å²) < 4.78 is 1.66. The number of aromatic nitrogens is 2. The second-order valence-electron chi connectivity index (χ2n) is 4.57. The maximum atomic E-state index is 12.0. The molecule has 0 saturated heterocycles. The van der Waals surface area contributed by atoms with Crippen LogP contribution < -0.4 is 5.32 Å². The van der Waals surface area contributed by atoms with E-state index in [9.17, 15) is 9.59 Å². The van der Waals surface area contributed by atoms with Gasteiger partial charge in [0.25, 0.3) is 0 Å². The molecule has 0 aromatic carbocycles. The number of aryl methyl sites for hydroxylation is 1. The van der Waals surface area contributed by atoms with E-state index >= 15 is 0 Å². The van der Waals surface area contributed by atoms with Crippen molar-refractivity contribution in [1.82, 2.24) is 20.0 Å². The lowest BCUT2D eigenvalue weighted by Crippen LogP contribution is -2.44. The summed E-state index contributed by atoms with van der Waals surface area (Å²) in [5.74, 6) is -0.914. The number of carbonyl (C=O) groups is 2. The van der Waals surface area contributed by atoms with Crippen LogP contribution >= 0.6 is 0 Å².